The summed E-state index contributed by atoms with van der Waals surface area (Å²) in [5.41, 5.74) is 0. The van der Waals surface area contributed by atoms with Crippen molar-refractivity contribution in [2.45, 2.75) is 25.7 Å². The molecule has 1 fully saturated rings. The van der Waals surface area contributed by atoms with E-state index in [1.807, 2.05) is 6.79 Å². The maximum Gasteiger partial charge on any atom is 0.106 e. The highest BCUT2D eigenvalue weighted by Gasteiger charge is 1.95. The molecule has 0 heterocycles. The molecule has 0 amide bonds. The van der Waals surface area contributed by atoms with Crippen LogP contribution in [0.2, 0.25) is 0 Å². The first-order valence-corrected chi connectivity index (χ1v) is 2.29. The normalized spacial score (nSPS) is 16.7. The van der Waals surface area contributed by atoms with Crippen molar-refractivity contribution < 1.29 is 4.79 Å². The summed E-state index contributed by atoms with van der Waals surface area (Å²) in [5.74, 6) is 0. The quantitative estimate of drug-likeness (QED) is 0.435. The van der Waals surface area contributed by atoms with Gasteiger partial charge in [-0.05, 0) is 0 Å². The van der Waals surface area contributed by atoms with Crippen LogP contribution in [-0.2, 0) is 4.79 Å². The third-order valence-corrected chi connectivity index (χ3v) is 1.000. The number of rotatable bonds is 0. The number of carbonyl (C=O) groups excluding carboxylic acids is 1. The minimum atomic E-state index is 1.50. The molecule has 0 aromatic heterocycles. The summed E-state index contributed by atoms with van der Waals surface area (Å²) < 4.78 is 0. The minimum Gasteiger partial charge on any atom is -0.307 e. The minimum absolute atomic E-state index is 1.50. The summed E-state index contributed by atoms with van der Waals surface area (Å²) in [6, 6.07) is 0. The van der Waals surface area contributed by atoms with Gasteiger partial charge in [-0.2, -0.15) is 0 Å². The van der Waals surface area contributed by atoms with Crippen molar-refractivity contribution in [2.75, 3.05) is 0 Å². The Hall–Kier alpha value is -0.330. The van der Waals surface area contributed by atoms with Crippen molar-refractivity contribution in [1.82, 2.24) is 0 Å². The van der Waals surface area contributed by atoms with Gasteiger partial charge in [0.2, 0.25) is 0 Å². The lowest BCUT2D eigenvalue weighted by Gasteiger charge is -2.05. The van der Waals surface area contributed by atoms with Crippen molar-refractivity contribution in [2.24, 2.45) is 0 Å². The van der Waals surface area contributed by atoms with Crippen molar-refractivity contribution in [1.29, 1.82) is 0 Å². The van der Waals surface area contributed by atoms with Crippen molar-refractivity contribution in [3.8, 4) is 0 Å². The van der Waals surface area contributed by atoms with Gasteiger partial charge < -0.3 is 4.79 Å². The molecule has 0 radical (unpaired) electrons. The molecule has 0 aromatic carbocycles. The first-order chi connectivity index (χ1) is 3.00. The molecule has 1 aliphatic rings. The molecule has 0 aliphatic heterocycles. The highest BCUT2D eigenvalue weighted by molar-refractivity contribution is 5.10. The summed E-state index contributed by atoms with van der Waals surface area (Å²) in [7, 11) is 0. The molecule has 0 bridgehead atoms. The maximum atomic E-state index is 8.00. The second kappa shape index (κ2) is 4.67. The highest BCUT2D eigenvalue weighted by Crippen LogP contribution is 2.15. The number of hydrogen-bond acceptors (Lipinski definition) is 1. The van der Waals surface area contributed by atoms with Crippen LogP contribution < -0.4 is 0 Å². The lowest BCUT2D eigenvalue weighted by Crippen LogP contribution is -1.85. The fraction of sp³-hybridized carbons (Fsp3) is 0.800. The Morgan fingerprint density at radius 2 is 1.00 bits per heavy atom. The summed E-state index contributed by atoms with van der Waals surface area (Å²) in [6.07, 6.45) is 6.00. The van der Waals surface area contributed by atoms with Crippen LogP contribution in [0.5, 0.6) is 0 Å². The molecule has 0 aromatic rings. The van der Waals surface area contributed by atoms with Gasteiger partial charge in [-0.3, -0.25) is 0 Å². The predicted octanol–water partition coefficient (Wildman–Crippen LogP) is 1.38. The highest BCUT2D eigenvalue weighted by atomic mass is 16.1. The molecule has 0 spiro atoms. The van der Waals surface area contributed by atoms with E-state index in [0.29, 0.717) is 0 Å². The molecular formula is C5H10O. The number of carbonyl (C=O) groups is 1. The summed E-state index contributed by atoms with van der Waals surface area (Å²) in [6.45, 7) is 2.00. The Kier molecular flexibility index (Phi) is 4.41. The van der Waals surface area contributed by atoms with Gasteiger partial charge in [0, 0.05) is 0 Å². The van der Waals surface area contributed by atoms with Crippen LogP contribution in [0.15, 0.2) is 0 Å². The van der Waals surface area contributed by atoms with Crippen LogP contribution >= 0.6 is 0 Å². The molecule has 0 atom stereocenters. The van der Waals surface area contributed by atoms with Gasteiger partial charge in [-0.25, -0.2) is 0 Å². The van der Waals surface area contributed by atoms with Gasteiger partial charge in [0.1, 0.15) is 6.79 Å². The van der Waals surface area contributed by atoms with E-state index in [1.165, 1.54) is 25.7 Å². The lowest BCUT2D eigenvalue weighted by molar-refractivity contribution is -0.0979. The summed E-state index contributed by atoms with van der Waals surface area (Å²) in [5, 5.41) is 0. The second-order valence-corrected chi connectivity index (χ2v) is 1.41. The Balaban J connectivity index is 0.000000112. The Bertz CT molecular complexity index is 19.1. The number of hydrogen-bond donors (Lipinski definition) is 0. The molecule has 0 unspecified atom stereocenters. The predicted molar refractivity (Wildman–Crippen MR) is 25.6 cm³/mol. The fourth-order valence-corrected chi connectivity index (χ4v) is 0.250. The lowest BCUT2D eigenvalue weighted by atomic mass is 10.0. The first kappa shape index (κ1) is 5.67. The SMILES string of the molecule is C1CCC1.C=O. The van der Waals surface area contributed by atoms with E-state index in [9.17, 15) is 0 Å². The van der Waals surface area contributed by atoms with E-state index in [-0.39, 0.29) is 0 Å². The van der Waals surface area contributed by atoms with Crippen LogP contribution in [0.3, 0.4) is 0 Å². The van der Waals surface area contributed by atoms with Crippen molar-refractivity contribution >= 4 is 6.79 Å². The average molecular weight is 86.1 g/mol. The Morgan fingerprint density at radius 1 is 0.833 bits per heavy atom. The van der Waals surface area contributed by atoms with Gasteiger partial charge in [0.25, 0.3) is 0 Å². The molecule has 1 heteroatoms. The molecular weight excluding hydrogens is 76.1 g/mol. The molecule has 36 valence electrons. The van der Waals surface area contributed by atoms with Gasteiger partial charge in [-0.15, -0.1) is 0 Å². The molecule has 6 heavy (non-hydrogen) atoms. The van der Waals surface area contributed by atoms with Gasteiger partial charge in [0.15, 0.2) is 0 Å². The van der Waals surface area contributed by atoms with Crippen molar-refractivity contribution in [3.63, 3.8) is 0 Å². The zero-order chi connectivity index (χ0) is 4.83. The monoisotopic (exact) mass is 86.1 g/mol. The van der Waals surface area contributed by atoms with Crippen molar-refractivity contribution in [3.05, 3.63) is 0 Å². The topological polar surface area (TPSA) is 17.1 Å². The first-order valence-electron chi connectivity index (χ1n) is 2.29. The smallest absolute Gasteiger partial charge is 0.106 e. The van der Waals surface area contributed by atoms with Crippen LogP contribution in [0.25, 0.3) is 0 Å². The Labute approximate surface area is 38.4 Å². The maximum absolute atomic E-state index is 8.00. The summed E-state index contributed by atoms with van der Waals surface area (Å²) in [4.78, 5) is 8.00. The zero-order valence-corrected chi connectivity index (χ0v) is 3.94. The summed E-state index contributed by atoms with van der Waals surface area (Å²) >= 11 is 0. The van der Waals surface area contributed by atoms with Gasteiger partial charge in [0.05, 0.1) is 0 Å². The van der Waals surface area contributed by atoms with Crippen LogP contribution in [0.4, 0.5) is 0 Å². The molecule has 0 saturated heterocycles. The second-order valence-electron chi connectivity index (χ2n) is 1.41. The fourth-order valence-electron chi connectivity index (χ4n) is 0.250. The van der Waals surface area contributed by atoms with Crippen LogP contribution in [0.1, 0.15) is 25.7 Å². The Morgan fingerprint density at radius 3 is 1.00 bits per heavy atom. The van der Waals surface area contributed by atoms with Crippen LogP contribution in [-0.4, -0.2) is 6.79 Å². The molecule has 1 rings (SSSR count). The van der Waals surface area contributed by atoms with E-state index < -0.39 is 0 Å². The van der Waals surface area contributed by atoms with Gasteiger partial charge in [-0.1, -0.05) is 25.7 Å². The van der Waals surface area contributed by atoms with Crippen LogP contribution in [0, 0.1) is 0 Å². The average Bonchev–Trinajstić information content (AvgIpc) is 1.36. The van der Waals surface area contributed by atoms with E-state index in [4.69, 9.17) is 4.79 Å². The molecule has 1 saturated carbocycles. The van der Waals surface area contributed by atoms with E-state index >= 15 is 0 Å². The largest absolute Gasteiger partial charge is 0.307 e. The zero-order valence-electron chi connectivity index (χ0n) is 3.94. The third kappa shape index (κ3) is 1.94. The molecule has 0 N–H and O–H groups in total. The third-order valence-electron chi connectivity index (χ3n) is 1.000. The van der Waals surface area contributed by atoms with E-state index in [2.05, 4.69) is 0 Å². The van der Waals surface area contributed by atoms with Gasteiger partial charge >= 0.3 is 0 Å². The molecule has 1 nitrogen and oxygen atoms in total. The van der Waals surface area contributed by atoms with E-state index in [0.717, 1.165) is 0 Å². The standard InChI is InChI=1S/C4H8.CH2O/c1-2-4-3-1;1-2/h1-4H2;1H2. The molecule has 1 aliphatic carbocycles. The van der Waals surface area contributed by atoms with E-state index in [1.54, 1.807) is 0 Å².